The molecule has 2 rings (SSSR count). The maximum atomic E-state index is 12.3. The second kappa shape index (κ2) is 5.70. The van der Waals surface area contributed by atoms with Crippen LogP contribution in [0, 0.1) is 0 Å². The molecule has 2 aromatic rings. The fourth-order valence-electron chi connectivity index (χ4n) is 1.55. The topological polar surface area (TPSA) is 87.6 Å². The average Bonchev–Trinajstić information content (AvgIpc) is 2.90. The van der Waals surface area contributed by atoms with Crippen molar-refractivity contribution in [1.29, 1.82) is 0 Å². The molecule has 0 aliphatic carbocycles. The maximum absolute atomic E-state index is 12.3. The lowest BCUT2D eigenvalue weighted by molar-refractivity contribution is 0.0697. The molecule has 0 saturated heterocycles. The Hall–Kier alpha value is -1.77. The molecule has 8 heteroatoms. The number of carbonyl (C=O) groups is 1. The third kappa shape index (κ3) is 3.03. The monoisotopic (exact) mass is 312 g/mol. The number of rotatable bonds is 5. The standard InChI is InChI=1S/C12H12N2O4S2/c1-14(7-9-3-2-4-13-6-9)20(17,18)11-5-10(8-19-11)12(15)16/h2-6,8H,7H2,1H3,(H,15,16). The Morgan fingerprint density at radius 2 is 2.25 bits per heavy atom. The predicted molar refractivity (Wildman–Crippen MR) is 74.2 cm³/mol. The van der Waals surface area contributed by atoms with Crippen molar-refractivity contribution >= 4 is 27.3 Å². The van der Waals surface area contributed by atoms with Gasteiger partial charge in [0.05, 0.1) is 5.56 Å². The number of carboxylic acid groups (broad SMARTS) is 1. The highest BCUT2D eigenvalue weighted by atomic mass is 32.2. The molecule has 0 unspecified atom stereocenters. The van der Waals surface area contributed by atoms with Crippen molar-refractivity contribution in [1.82, 2.24) is 9.29 Å². The molecule has 0 radical (unpaired) electrons. The fraction of sp³-hybridized carbons (Fsp3) is 0.167. The van der Waals surface area contributed by atoms with E-state index in [-0.39, 0.29) is 16.3 Å². The van der Waals surface area contributed by atoms with Gasteiger partial charge in [-0.2, -0.15) is 4.31 Å². The summed E-state index contributed by atoms with van der Waals surface area (Å²) in [6, 6.07) is 4.67. The minimum Gasteiger partial charge on any atom is -0.478 e. The summed E-state index contributed by atoms with van der Waals surface area (Å²) in [7, 11) is -2.24. The van der Waals surface area contributed by atoms with E-state index in [1.807, 2.05) is 0 Å². The van der Waals surface area contributed by atoms with Crippen molar-refractivity contribution in [2.75, 3.05) is 7.05 Å². The average molecular weight is 312 g/mol. The van der Waals surface area contributed by atoms with Gasteiger partial charge in [0.2, 0.25) is 0 Å². The van der Waals surface area contributed by atoms with Gasteiger partial charge in [-0.1, -0.05) is 6.07 Å². The van der Waals surface area contributed by atoms with Gasteiger partial charge in [0.15, 0.2) is 0 Å². The van der Waals surface area contributed by atoms with Crippen molar-refractivity contribution in [2.45, 2.75) is 10.8 Å². The summed E-state index contributed by atoms with van der Waals surface area (Å²) in [6.45, 7) is 0.177. The van der Waals surface area contributed by atoms with Gasteiger partial charge in [-0.15, -0.1) is 11.3 Å². The highest BCUT2D eigenvalue weighted by Gasteiger charge is 2.24. The van der Waals surface area contributed by atoms with Gasteiger partial charge in [0.25, 0.3) is 10.0 Å². The Bertz CT molecular complexity index is 710. The first-order valence-electron chi connectivity index (χ1n) is 5.58. The Morgan fingerprint density at radius 1 is 1.50 bits per heavy atom. The summed E-state index contributed by atoms with van der Waals surface area (Å²) >= 11 is 0.898. The van der Waals surface area contributed by atoms with E-state index in [9.17, 15) is 13.2 Å². The molecule has 2 aromatic heterocycles. The van der Waals surface area contributed by atoms with E-state index in [2.05, 4.69) is 4.98 Å². The Morgan fingerprint density at radius 3 is 2.80 bits per heavy atom. The second-order valence-electron chi connectivity index (χ2n) is 4.08. The third-order valence-electron chi connectivity index (χ3n) is 2.61. The highest BCUT2D eigenvalue weighted by Crippen LogP contribution is 2.24. The largest absolute Gasteiger partial charge is 0.478 e. The van der Waals surface area contributed by atoms with Crippen molar-refractivity contribution in [3.63, 3.8) is 0 Å². The molecule has 0 aliphatic rings. The zero-order chi connectivity index (χ0) is 14.8. The molecule has 0 amide bonds. The molecule has 1 N–H and O–H groups in total. The van der Waals surface area contributed by atoms with E-state index in [1.54, 1.807) is 24.5 Å². The van der Waals surface area contributed by atoms with Crippen LogP contribution in [0.2, 0.25) is 0 Å². The number of sulfonamides is 1. The molecule has 106 valence electrons. The summed E-state index contributed by atoms with van der Waals surface area (Å²) in [5, 5.41) is 10.1. The SMILES string of the molecule is CN(Cc1cccnc1)S(=O)(=O)c1cc(C(=O)O)cs1. The summed E-state index contributed by atoms with van der Waals surface area (Å²) in [5.41, 5.74) is 0.733. The molecule has 2 heterocycles. The second-order valence-corrected chi connectivity index (χ2v) is 7.26. The summed E-state index contributed by atoms with van der Waals surface area (Å²) < 4.78 is 25.8. The van der Waals surface area contributed by atoms with Crippen LogP contribution in [0.4, 0.5) is 0 Å². The smallest absolute Gasteiger partial charge is 0.336 e. The van der Waals surface area contributed by atoms with Gasteiger partial charge in [-0.25, -0.2) is 13.2 Å². The number of carboxylic acids is 1. The molecule has 0 aromatic carbocycles. The lowest BCUT2D eigenvalue weighted by atomic mass is 10.3. The van der Waals surface area contributed by atoms with Crippen LogP contribution in [0.3, 0.4) is 0 Å². The van der Waals surface area contributed by atoms with Gasteiger partial charge in [-0.05, 0) is 17.7 Å². The van der Waals surface area contributed by atoms with Gasteiger partial charge in [-0.3, -0.25) is 4.98 Å². The molecule has 6 nitrogen and oxygen atoms in total. The van der Waals surface area contributed by atoms with Gasteiger partial charge in [0.1, 0.15) is 4.21 Å². The lowest BCUT2D eigenvalue weighted by Crippen LogP contribution is -2.25. The quantitative estimate of drug-likeness (QED) is 0.907. The van der Waals surface area contributed by atoms with Crippen molar-refractivity contribution in [3.8, 4) is 0 Å². The molecule has 0 aliphatic heterocycles. The zero-order valence-corrected chi connectivity index (χ0v) is 12.2. The van der Waals surface area contributed by atoms with E-state index < -0.39 is 16.0 Å². The number of thiophene rings is 1. The van der Waals surface area contributed by atoms with Crippen molar-refractivity contribution in [3.05, 3.63) is 47.1 Å². The molecular weight excluding hydrogens is 300 g/mol. The summed E-state index contributed by atoms with van der Waals surface area (Å²) in [6.07, 6.45) is 3.19. The van der Waals surface area contributed by atoms with E-state index in [0.717, 1.165) is 16.9 Å². The van der Waals surface area contributed by atoms with E-state index in [4.69, 9.17) is 5.11 Å². The van der Waals surface area contributed by atoms with Crippen LogP contribution < -0.4 is 0 Å². The van der Waals surface area contributed by atoms with Crippen molar-refractivity contribution in [2.24, 2.45) is 0 Å². The number of hydrogen-bond donors (Lipinski definition) is 1. The van der Waals surface area contributed by atoms with Crippen LogP contribution in [0.25, 0.3) is 0 Å². The first kappa shape index (κ1) is 14.6. The normalized spacial score (nSPS) is 11.7. The number of pyridine rings is 1. The third-order valence-corrected chi connectivity index (χ3v) is 5.83. The lowest BCUT2D eigenvalue weighted by Gasteiger charge is -2.15. The van der Waals surface area contributed by atoms with Crippen molar-refractivity contribution < 1.29 is 18.3 Å². The van der Waals surface area contributed by atoms with Gasteiger partial charge < -0.3 is 5.11 Å². The zero-order valence-electron chi connectivity index (χ0n) is 10.6. The van der Waals surface area contributed by atoms with Gasteiger partial charge >= 0.3 is 5.97 Å². The Labute approximate surface area is 120 Å². The van der Waals surface area contributed by atoms with Crippen LogP contribution >= 0.6 is 11.3 Å². The van der Waals surface area contributed by atoms with Crippen LogP contribution in [0.15, 0.2) is 40.2 Å². The maximum Gasteiger partial charge on any atom is 0.336 e. The summed E-state index contributed by atoms with van der Waals surface area (Å²) in [4.78, 5) is 14.7. The predicted octanol–water partition coefficient (Wildman–Crippen LogP) is 1.66. The highest BCUT2D eigenvalue weighted by molar-refractivity contribution is 7.91. The minimum atomic E-state index is -3.69. The number of nitrogens with zero attached hydrogens (tertiary/aromatic N) is 2. The first-order valence-corrected chi connectivity index (χ1v) is 7.90. The molecular formula is C12H12N2O4S2. The molecule has 0 atom stereocenters. The molecule has 0 spiro atoms. The van der Waals surface area contributed by atoms with Gasteiger partial charge in [0, 0.05) is 31.4 Å². The molecule has 0 saturated carbocycles. The van der Waals surface area contributed by atoms with E-state index >= 15 is 0 Å². The van der Waals surface area contributed by atoms with Crippen LogP contribution in [0.5, 0.6) is 0 Å². The number of aromatic nitrogens is 1. The fourth-order valence-corrected chi connectivity index (χ4v) is 4.07. The molecule has 0 bridgehead atoms. The Kier molecular flexibility index (Phi) is 4.17. The molecule has 0 fully saturated rings. The first-order chi connectivity index (χ1) is 9.41. The number of hydrogen-bond acceptors (Lipinski definition) is 5. The Balaban J connectivity index is 2.23. The molecule has 20 heavy (non-hydrogen) atoms. The van der Waals surface area contributed by atoms with E-state index in [0.29, 0.717) is 0 Å². The van der Waals surface area contributed by atoms with Crippen LogP contribution in [0.1, 0.15) is 15.9 Å². The van der Waals surface area contributed by atoms with Crippen LogP contribution in [-0.4, -0.2) is 35.8 Å². The summed E-state index contributed by atoms with van der Waals surface area (Å²) in [5.74, 6) is -1.14. The van der Waals surface area contributed by atoms with E-state index in [1.165, 1.54) is 22.8 Å². The minimum absolute atomic E-state index is 0.0151. The number of aromatic carboxylic acids is 1. The van der Waals surface area contributed by atoms with Crippen LogP contribution in [-0.2, 0) is 16.6 Å².